The minimum absolute atomic E-state index is 0.0487. The first-order chi connectivity index (χ1) is 11.8. The summed E-state index contributed by atoms with van der Waals surface area (Å²) in [6.45, 7) is 10.9. The van der Waals surface area contributed by atoms with Gasteiger partial charge in [0.15, 0.2) is 0 Å². The molecular formula is C20H29N3O2. The molecule has 0 aliphatic heterocycles. The highest BCUT2D eigenvalue weighted by Gasteiger charge is 2.17. The van der Waals surface area contributed by atoms with Crippen LogP contribution in [0.1, 0.15) is 63.0 Å². The van der Waals surface area contributed by atoms with Crippen LogP contribution < -0.4 is 10.7 Å². The number of carbonyl (C=O) groups excluding carboxylic acids is 1. The first kappa shape index (κ1) is 19.2. The SMILES string of the molecule is CCn1cc(C(=O)N[C@@H](C)CCCC(C)C)c(=O)c2ccc(C)nc21. The molecule has 2 heterocycles. The van der Waals surface area contributed by atoms with E-state index in [0.29, 0.717) is 23.5 Å². The predicted octanol–water partition coefficient (Wildman–Crippen LogP) is 3.67. The summed E-state index contributed by atoms with van der Waals surface area (Å²) in [6.07, 6.45) is 4.76. The number of carbonyl (C=O) groups is 1. The Labute approximate surface area is 149 Å². The molecule has 1 amide bonds. The molecule has 1 atom stereocenters. The molecule has 0 aliphatic carbocycles. The molecule has 0 saturated carbocycles. The average molecular weight is 343 g/mol. The van der Waals surface area contributed by atoms with E-state index in [1.165, 1.54) is 0 Å². The highest BCUT2D eigenvalue weighted by molar-refractivity contribution is 5.97. The third kappa shape index (κ3) is 4.68. The number of aryl methyl sites for hydroxylation is 2. The zero-order valence-corrected chi connectivity index (χ0v) is 15.9. The van der Waals surface area contributed by atoms with Gasteiger partial charge in [-0.15, -0.1) is 0 Å². The van der Waals surface area contributed by atoms with E-state index in [4.69, 9.17) is 0 Å². The van der Waals surface area contributed by atoms with E-state index in [-0.39, 0.29) is 22.9 Å². The zero-order valence-electron chi connectivity index (χ0n) is 15.9. The van der Waals surface area contributed by atoms with Gasteiger partial charge in [-0.1, -0.05) is 26.7 Å². The predicted molar refractivity (Wildman–Crippen MR) is 102 cm³/mol. The highest BCUT2D eigenvalue weighted by atomic mass is 16.2. The van der Waals surface area contributed by atoms with Crippen LogP contribution in [0.5, 0.6) is 0 Å². The Morgan fingerprint density at radius 2 is 1.96 bits per heavy atom. The number of nitrogens with zero attached hydrogens (tertiary/aromatic N) is 2. The number of aromatic nitrogens is 2. The molecular weight excluding hydrogens is 314 g/mol. The van der Waals surface area contributed by atoms with E-state index in [2.05, 4.69) is 24.1 Å². The molecule has 2 rings (SSSR count). The van der Waals surface area contributed by atoms with Gasteiger partial charge in [-0.3, -0.25) is 9.59 Å². The van der Waals surface area contributed by atoms with Gasteiger partial charge >= 0.3 is 0 Å². The van der Waals surface area contributed by atoms with Gasteiger partial charge in [-0.2, -0.15) is 0 Å². The van der Waals surface area contributed by atoms with Crippen molar-refractivity contribution in [1.82, 2.24) is 14.9 Å². The van der Waals surface area contributed by atoms with Crippen molar-refractivity contribution in [1.29, 1.82) is 0 Å². The third-order valence-electron chi connectivity index (χ3n) is 4.44. The second kappa shape index (κ2) is 8.28. The van der Waals surface area contributed by atoms with E-state index in [1.807, 2.05) is 25.3 Å². The van der Waals surface area contributed by atoms with Crippen molar-refractivity contribution in [2.45, 2.75) is 66.5 Å². The Kier molecular flexibility index (Phi) is 6.34. The molecule has 0 aromatic carbocycles. The van der Waals surface area contributed by atoms with Gasteiger partial charge in [0.05, 0.1) is 5.39 Å². The van der Waals surface area contributed by atoms with Crippen LogP contribution in [0.4, 0.5) is 0 Å². The molecule has 136 valence electrons. The van der Waals surface area contributed by atoms with E-state index in [0.717, 1.165) is 25.0 Å². The molecule has 0 radical (unpaired) electrons. The fourth-order valence-electron chi connectivity index (χ4n) is 2.97. The molecule has 0 unspecified atom stereocenters. The Morgan fingerprint density at radius 3 is 2.60 bits per heavy atom. The van der Waals surface area contributed by atoms with E-state index < -0.39 is 0 Å². The zero-order chi connectivity index (χ0) is 18.6. The maximum atomic E-state index is 12.7. The van der Waals surface area contributed by atoms with Crippen molar-refractivity contribution in [2.75, 3.05) is 0 Å². The molecule has 0 saturated heterocycles. The second-order valence-electron chi connectivity index (χ2n) is 7.18. The monoisotopic (exact) mass is 343 g/mol. The Morgan fingerprint density at radius 1 is 1.24 bits per heavy atom. The normalized spacial score (nSPS) is 12.6. The lowest BCUT2D eigenvalue weighted by atomic mass is 10.0. The molecule has 0 spiro atoms. The Balaban J connectivity index is 2.25. The van der Waals surface area contributed by atoms with Gasteiger partial charge in [0.1, 0.15) is 11.2 Å². The molecule has 25 heavy (non-hydrogen) atoms. The number of hydrogen-bond acceptors (Lipinski definition) is 3. The summed E-state index contributed by atoms with van der Waals surface area (Å²) in [4.78, 5) is 29.8. The van der Waals surface area contributed by atoms with Crippen molar-refractivity contribution in [3.8, 4) is 0 Å². The topological polar surface area (TPSA) is 64.0 Å². The molecule has 5 heteroatoms. The summed E-state index contributed by atoms with van der Waals surface area (Å²) in [6, 6.07) is 3.61. The Hall–Kier alpha value is -2.17. The summed E-state index contributed by atoms with van der Waals surface area (Å²) in [7, 11) is 0. The first-order valence-corrected chi connectivity index (χ1v) is 9.15. The first-order valence-electron chi connectivity index (χ1n) is 9.15. The maximum Gasteiger partial charge on any atom is 0.256 e. The van der Waals surface area contributed by atoms with Gasteiger partial charge in [-0.25, -0.2) is 4.98 Å². The van der Waals surface area contributed by atoms with Crippen molar-refractivity contribution in [3.63, 3.8) is 0 Å². The number of fused-ring (bicyclic) bond motifs is 1. The molecule has 2 aromatic heterocycles. The number of pyridine rings is 2. The molecule has 0 fully saturated rings. The lowest BCUT2D eigenvalue weighted by Crippen LogP contribution is -2.36. The quantitative estimate of drug-likeness (QED) is 0.834. The molecule has 0 aliphatic rings. The van der Waals surface area contributed by atoms with Crippen LogP contribution in [-0.4, -0.2) is 21.5 Å². The molecule has 2 aromatic rings. The summed E-state index contributed by atoms with van der Waals surface area (Å²) >= 11 is 0. The highest BCUT2D eigenvalue weighted by Crippen LogP contribution is 2.12. The van der Waals surface area contributed by atoms with Gasteiger partial charge in [-0.05, 0) is 45.2 Å². The van der Waals surface area contributed by atoms with E-state index in [9.17, 15) is 9.59 Å². The van der Waals surface area contributed by atoms with Crippen molar-refractivity contribution in [2.24, 2.45) is 5.92 Å². The lowest BCUT2D eigenvalue weighted by molar-refractivity contribution is 0.0936. The third-order valence-corrected chi connectivity index (χ3v) is 4.44. The number of hydrogen-bond donors (Lipinski definition) is 1. The summed E-state index contributed by atoms with van der Waals surface area (Å²) in [5.41, 5.74) is 1.42. The molecule has 1 N–H and O–H groups in total. The summed E-state index contributed by atoms with van der Waals surface area (Å²) < 4.78 is 1.86. The molecule has 5 nitrogen and oxygen atoms in total. The fraction of sp³-hybridized carbons (Fsp3) is 0.550. The van der Waals surface area contributed by atoms with E-state index >= 15 is 0 Å². The lowest BCUT2D eigenvalue weighted by Gasteiger charge is -2.16. The smallest absolute Gasteiger partial charge is 0.256 e. The second-order valence-corrected chi connectivity index (χ2v) is 7.18. The van der Waals surface area contributed by atoms with Crippen molar-refractivity contribution in [3.05, 3.63) is 39.8 Å². The van der Waals surface area contributed by atoms with Crippen LogP contribution >= 0.6 is 0 Å². The standard InChI is InChI=1S/C20H29N3O2/c1-6-23-12-17(18(24)16-11-10-15(5)21-19(16)23)20(25)22-14(4)9-7-8-13(2)3/h10-14H,6-9H2,1-5H3,(H,22,25)/t14-/m0/s1. The maximum absolute atomic E-state index is 12.7. The van der Waals surface area contributed by atoms with Crippen LogP contribution in [-0.2, 0) is 6.54 Å². The summed E-state index contributed by atoms with van der Waals surface area (Å²) in [5, 5.41) is 3.46. The summed E-state index contributed by atoms with van der Waals surface area (Å²) in [5.74, 6) is 0.364. The largest absolute Gasteiger partial charge is 0.349 e. The van der Waals surface area contributed by atoms with Gasteiger partial charge in [0.25, 0.3) is 5.91 Å². The van der Waals surface area contributed by atoms with Gasteiger partial charge in [0.2, 0.25) is 5.43 Å². The van der Waals surface area contributed by atoms with Crippen LogP contribution in [0.2, 0.25) is 0 Å². The van der Waals surface area contributed by atoms with Gasteiger partial charge < -0.3 is 9.88 Å². The van der Waals surface area contributed by atoms with Crippen LogP contribution in [0.3, 0.4) is 0 Å². The fourth-order valence-corrected chi connectivity index (χ4v) is 2.97. The van der Waals surface area contributed by atoms with Crippen molar-refractivity contribution >= 4 is 16.9 Å². The average Bonchev–Trinajstić information content (AvgIpc) is 2.54. The van der Waals surface area contributed by atoms with Crippen molar-refractivity contribution < 1.29 is 4.79 Å². The van der Waals surface area contributed by atoms with Crippen LogP contribution in [0, 0.1) is 12.8 Å². The van der Waals surface area contributed by atoms with E-state index in [1.54, 1.807) is 18.3 Å². The van der Waals surface area contributed by atoms with Gasteiger partial charge in [0, 0.05) is 24.5 Å². The Bertz CT molecular complexity index is 808. The van der Waals surface area contributed by atoms with Crippen LogP contribution in [0.15, 0.2) is 23.1 Å². The minimum atomic E-state index is -0.299. The number of nitrogens with one attached hydrogen (secondary N) is 1. The molecule has 0 bridgehead atoms. The van der Waals surface area contributed by atoms with Crippen LogP contribution in [0.25, 0.3) is 11.0 Å². The number of amides is 1. The minimum Gasteiger partial charge on any atom is -0.349 e. The number of rotatable bonds is 7.